The zero-order chi connectivity index (χ0) is 18.2. The Bertz CT molecular complexity index is 607. The molecule has 26 heavy (non-hydrogen) atoms. The summed E-state index contributed by atoms with van der Waals surface area (Å²) in [5.74, 6) is 1.84. The number of hydrogen-bond donors (Lipinski definition) is 2. The van der Waals surface area contributed by atoms with E-state index in [0.29, 0.717) is 6.54 Å². The Morgan fingerprint density at radius 2 is 2.15 bits per heavy atom. The monoisotopic (exact) mass is 376 g/mol. The molecule has 1 amide bonds. The second-order valence-corrected chi connectivity index (χ2v) is 8.43. The van der Waals surface area contributed by atoms with Crippen LogP contribution >= 0.6 is 11.3 Å². The first-order valence-electron chi connectivity index (χ1n) is 10.0. The number of fused-ring (bicyclic) bond motifs is 1. The summed E-state index contributed by atoms with van der Waals surface area (Å²) in [7, 11) is 1.76. The first kappa shape index (κ1) is 19.2. The van der Waals surface area contributed by atoms with Gasteiger partial charge in [-0.3, -0.25) is 9.79 Å². The number of guanidine groups is 1. The number of amides is 1. The average molecular weight is 377 g/mol. The van der Waals surface area contributed by atoms with Gasteiger partial charge in [0, 0.05) is 31.6 Å². The highest BCUT2D eigenvalue weighted by atomic mass is 32.1. The molecule has 2 heterocycles. The van der Waals surface area contributed by atoms with E-state index in [2.05, 4.69) is 27.1 Å². The smallest absolute Gasteiger partial charge is 0.242 e. The zero-order valence-corrected chi connectivity index (χ0v) is 16.7. The van der Waals surface area contributed by atoms with E-state index < -0.39 is 0 Å². The van der Waals surface area contributed by atoms with Gasteiger partial charge in [0.15, 0.2) is 5.96 Å². The highest BCUT2D eigenvalue weighted by Crippen LogP contribution is 2.28. The van der Waals surface area contributed by atoms with Crippen molar-refractivity contribution in [2.45, 2.75) is 57.9 Å². The normalized spacial score (nSPS) is 18.0. The van der Waals surface area contributed by atoms with Gasteiger partial charge in [0.05, 0.1) is 6.54 Å². The molecule has 1 saturated carbocycles. The standard InChI is InChI=1S/C20H32N4OS/c1-21-20(22-11-5-4-8-16-6-2-3-7-16)23-14-19(25)24-12-9-18-17(15-24)10-13-26-18/h10,13,16H,2-9,11-12,14-15H2,1H3,(H2,21,22,23). The number of unbranched alkanes of at least 4 members (excludes halogenated alkanes) is 1. The second kappa shape index (κ2) is 9.95. The van der Waals surface area contributed by atoms with E-state index >= 15 is 0 Å². The molecule has 1 aliphatic carbocycles. The molecular weight excluding hydrogens is 344 g/mol. The van der Waals surface area contributed by atoms with Gasteiger partial charge >= 0.3 is 0 Å². The summed E-state index contributed by atoms with van der Waals surface area (Å²) in [6.07, 6.45) is 10.5. The summed E-state index contributed by atoms with van der Waals surface area (Å²) in [4.78, 5) is 20.1. The number of nitrogens with one attached hydrogen (secondary N) is 2. The quantitative estimate of drug-likeness (QED) is 0.437. The van der Waals surface area contributed by atoms with Crippen LogP contribution in [-0.2, 0) is 17.8 Å². The Morgan fingerprint density at radius 3 is 2.96 bits per heavy atom. The van der Waals surface area contributed by atoms with Crippen LogP contribution in [0.4, 0.5) is 0 Å². The SMILES string of the molecule is CN=C(NCCCCC1CCCC1)NCC(=O)N1CCc2sccc2C1. The molecule has 144 valence electrons. The van der Waals surface area contributed by atoms with Crippen molar-refractivity contribution in [3.8, 4) is 0 Å². The van der Waals surface area contributed by atoms with E-state index in [1.54, 1.807) is 18.4 Å². The third-order valence-electron chi connectivity index (χ3n) is 5.60. The van der Waals surface area contributed by atoms with Crippen molar-refractivity contribution in [3.63, 3.8) is 0 Å². The van der Waals surface area contributed by atoms with E-state index in [4.69, 9.17) is 0 Å². The van der Waals surface area contributed by atoms with Gasteiger partial charge in [0.1, 0.15) is 0 Å². The topological polar surface area (TPSA) is 56.7 Å². The van der Waals surface area contributed by atoms with E-state index in [1.807, 2.05) is 4.90 Å². The first-order chi connectivity index (χ1) is 12.8. The minimum absolute atomic E-state index is 0.144. The van der Waals surface area contributed by atoms with Crippen molar-refractivity contribution in [2.75, 3.05) is 26.7 Å². The minimum Gasteiger partial charge on any atom is -0.356 e. The van der Waals surface area contributed by atoms with Crippen molar-refractivity contribution in [1.29, 1.82) is 0 Å². The third kappa shape index (κ3) is 5.47. The Hall–Kier alpha value is -1.56. The summed E-state index contributed by atoms with van der Waals surface area (Å²) in [6.45, 7) is 2.79. The van der Waals surface area contributed by atoms with Gasteiger partial charge in [0.25, 0.3) is 0 Å². The van der Waals surface area contributed by atoms with Crippen LogP contribution in [0.15, 0.2) is 16.4 Å². The predicted molar refractivity (Wildman–Crippen MR) is 109 cm³/mol. The van der Waals surface area contributed by atoms with Crippen molar-refractivity contribution in [3.05, 3.63) is 21.9 Å². The lowest BCUT2D eigenvalue weighted by atomic mass is 10.0. The van der Waals surface area contributed by atoms with Crippen molar-refractivity contribution < 1.29 is 4.79 Å². The number of nitrogens with zero attached hydrogens (tertiary/aromatic N) is 2. The number of thiophene rings is 1. The van der Waals surface area contributed by atoms with Gasteiger partial charge in [-0.1, -0.05) is 38.5 Å². The molecule has 0 aromatic carbocycles. The number of carbonyl (C=O) groups is 1. The van der Waals surface area contributed by atoms with Gasteiger partial charge in [-0.2, -0.15) is 0 Å². The van der Waals surface area contributed by atoms with Gasteiger partial charge < -0.3 is 15.5 Å². The highest BCUT2D eigenvalue weighted by Gasteiger charge is 2.21. The van der Waals surface area contributed by atoms with Crippen LogP contribution in [-0.4, -0.2) is 43.4 Å². The molecule has 1 aromatic heterocycles. The van der Waals surface area contributed by atoms with Gasteiger partial charge in [-0.05, 0) is 35.8 Å². The van der Waals surface area contributed by atoms with Crippen LogP contribution in [0.5, 0.6) is 0 Å². The molecule has 6 heteroatoms. The fraction of sp³-hybridized carbons (Fsp3) is 0.700. The van der Waals surface area contributed by atoms with Gasteiger partial charge in [-0.15, -0.1) is 11.3 Å². The predicted octanol–water partition coefficient (Wildman–Crippen LogP) is 3.16. The number of carbonyl (C=O) groups excluding carboxylic acids is 1. The summed E-state index contributed by atoms with van der Waals surface area (Å²) < 4.78 is 0. The van der Waals surface area contributed by atoms with Crippen molar-refractivity contribution >= 4 is 23.2 Å². The second-order valence-electron chi connectivity index (χ2n) is 7.43. The molecule has 1 aliphatic heterocycles. The summed E-state index contributed by atoms with van der Waals surface area (Å²) in [6, 6.07) is 2.14. The fourth-order valence-electron chi connectivity index (χ4n) is 4.02. The average Bonchev–Trinajstić information content (AvgIpc) is 3.34. The molecule has 0 atom stereocenters. The minimum atomic E-state index is 0.144. The molecule has 0 radical (unpaired) electrons. The maximum absolute atomic E-state index is 12.5. The van der Waals surface area contributed by atoms with Crippen LogP contribution in [0, 0.1) is 5.92 Å². The maximum atomic E-state index is 12.5. The molecule has 1 aromatic rings. The Labute approximate surface area is 161 Å². The number of aliphatic imine (C=N–C) groups is 1. The third-order valence-corrected chi connectivity index (χ3v) is 6.62. The molecule has 1 fully saturated rings. The lowest BCUT2D eigenvalue weighted by molar-refractivity contribution is -0.130. The fourth-order valence-corrected chi connectivity index (χ4v) is 4.91. The summed E-state index contributed by atoms with van der Waals surface area (Å²) >= 11 is 1.80. The van der Waals surface area contributed by atoms with Crippen LogP contribution < -0.4 is 10.6 Å². The Kier molecular flexibility index (Phi) is 7.35. The van der Waals surface area contributed by atoms with E-state index in [-0.39, 0.29) is 5.91 Å². The van der Waals surface area contributed by atoms with Crippen LogP contribution in [0.2, 0.25) is 0 Å². The summed E-state index contributed by atoms with van der Waals surface area (Å²) in [5.41, 5.74) is 1.30. The van der Waals surface area contributed by atoms with Crippen molar-refractivity contribution in [2.24, 2.45) is 10.9 Å². The van der Waals surface area contributed by atoms with Crippen LogP contribution in [0.3, 0.4) is 0 Å². The molecule has 2 N–H and O–H groups in total. The number of rotatable bonds is 7. The van der Waals surface area contributed by atoms with Gasteiger partial charge in [0.2, 0.25) is 5.91 Å². The lowest BCUT2D eigenvalue weighted by Crippen LogP contribution is -2.45. The number of hydrogen-bond acceptors (Lipinski definition) is 3. The largest absolute Gasteiger partial charge is 0.356 e. The van der Waals surface area contributed by atoms with Crippen LogP contribution in [0.1, 0.15) is 55.4 Å². The molecule has 0 unspecified atom stereocenters. The molecule has 0 spiro atoms. The molecular formula is C20H32N4OS. The van der Waals surface area contributed by atoms with Crippen LogP contribution in [0.25, 0.3) is 0 Å². The molecule has 0 saturated heterocycles. The zero-order valence-electron chi connectivity index (χ0n) is 15.9. The Morgan fingerprint density at radius 1 is 1.31 bits per heavy atom. The van der Waals surface area contributed by atoms with Crippen molar-refractivity contribution in [1.82, 2.24) is 15.5 Å². The van der Waals surface area contributed by atoms with E-state index in [1.165, 1.54) is 49.0 Å². The lowest BCUT2D eigenvalue weighted by Gasteiger charge is -2.27. The van der Waals surface area contributed by atoms with E-state index in [9.17, 15) is 4.79 Å². The highest BCUT2D eigenvalue weighted by molar-refractivity contribution is 7.10. The maximum Gasteiger partial charge on any atom is 0.242 e. The van der Waals surface area contributed by atoms with Gasteiger partial charge in [-0.25, -0.2) is 0 Å². The molecule has 3 rings (SSSR count). The van der Waals surface area contributed by atoms with E-state index in [0.717, 1.165) is 44.4 Å². The first-order valence-corrected chi connectivity index (χ1v) is 10.9. The molecule has 2 aliphatic rings. The Balaban J connectivity index is 1.30. The molecule has 5 nitrogen and oxygen atoms in total. The summed E-state index contributed by atoms with van der Waals surface area (Å²) in [5, 5.41) is 8.62. The molecule has 0 bridgehead atoms.